The van der Waals surface area contributed by atoms with Crippen LogP contribution in [0.5, 0.6) is 0 Å². The van der Waals surface area contributed by atoms with E-state index in [0.717, 1.165) is 25.9 Å². The lowest BCUT2D eigenvalue weighted by molar-refractivity contribution is -0.128. The van der Waals surface area contributed by atoms with Crippen molar-refractivity contribution in [2.24, 2.45) is 0 Å². The van der Waals surface area contributed by atoms with Crippen LogP contribution in [0.1, 0.15) is 24.4 Å². The molecule has 1 aliphatic heterocycles. The van der Waals surface area contributed by atoms with Crippen LogP contribution in [0.4, 0.5) is 0 Å². The lowest BCUT2D eigenvalue weighted by Crippen LogP contribution is -2.38. The largest absolute Gasteiger partial charge is 0.368 e. The molecule has 6 heteroatoms. The normalized spacial score (nSPS) is 16.7. The van der Waals surface area contributed by atoms with Gasteiger partial charge >= 0.3 is 0 Å². The second-order valence-electron chi connectivity index (χ2n) is 5.95. The van der Waals surface area contributed by atoms with Crippen LogP contribution in [0.15, 0.2) is 30.3 Å². The number of hydrogen-bond donors (Lipinski definition) is 2. The highest BCUT2D eigenvalue weighted by molar-refractivity contribution is 5.85. The summed E-state index contributed by atoms with van der Waals surface area (Å²) in [5.41, 5.74) is 1.20. The summed E-state index contributed by atoms with van der Waals surface area (Å²) in [5.74, 6) is -0.0405. The van der Waals surface area contributed by atoms with Crippen LogP contribution in [-0.4, -0.2) is 57.2 Å². The molecule has 1 heterocycles. The Morgan fingerprint density at radius 2 is 1.96 bits per heavy atom. The van der Waals surface area contributed by atoms with Crippen LogP contribution in [0.3, 0.4) is 0 Å². The molecule has 0 aliphatic carbocycles. The summed E-state index contributed by atoms with van der Waals surface area (Å²) >= 11 is 0. The molecule has 0 aromatic heterocycles. The standard InChI is InChI=1S/C17H27N3O2.ClH/c1-20(2)16(14-6-4-3-5-7-14)12-19-17(21)13-22-15-8-10-18-11-9-15;/h3-7,15-16,18H,8-13H2,1-2H3,(H,19,21);1H. The van der Waals surface area contributed by atoms with E-state index in [0.29, 0.717) is 6.54 Å². The molecular formula is C17H28ClN3O2. The third-order valence-corrected chi connectivity index (χ3v) is 4.04. The molecule has 0 radical (unpaired) electrons. The number of nitrogens with zero attached hydrogens (tertiary/aromatic N) is 1. The Hall–Kier alpha value is -1.14. The number of halogens is 1. The zero-order chi connectivity index (χ0) is 15.8. The first kappa shape index (κ1) is 19.9. The highest BCUT2D eigenvalue weighted by atomic mass is 35.5. The van der Waals surface area contributed by atoms with E-state index in [1.165, 1.54) is 5.56 Å². The van der Waals surface area contributed by atoms with Gasteiger partial charge in [-0.2, -0.15) is 0 Å². The van der Waals surface area contributed by atoms with Crippen LogP contribution in [0.2, 0.25) is 0 Å². The molecule has 1 amide bonds. The Morgan fingerprint density at radius 1 is 1.30 bits per heavy atom. The topological polar surface area (TPSA) is 53.6 Å². The molecule has 1 fully saturated rings. The number of rotatable bonds is 7. The maximum Gasteiger partial charge on any atom is 0.246 e. The number of amides is 1. The summed E-state index contributed by atoms with van der Waals surface area (Å²) in [6.45, 7) is 2.69. The summed E-state index contributed by atoms with van der Waals surface area (Å²) in [6.07, 6.45) is 2.18. The van der Waals surface area contributed by atoms with Crippen LogP contribution in [-0.2, 0) is 9.53 Å². The summed E-state index contributed by atoms with van der Waals surface area (Å²) in [7, 11) is 4.05. The van der Waals surface area contributed by atoms with Gasteiger partial charge < -0.3 is 20.3 Å². The van der Waals surface area contributed by atoms with Crippen molar-refractivity contribution in [2.75, 3.05) is 40.3 Å². The first-order valence-electron chi connectivity index (χ1n) is 7.97. The highest BCUT2D eigenvalue weighted by Gasteiger charge is 2.17. The fourth-order valence-electron chi connectivity index (χ4n) is 2.69. The Bertz CT molecular complexity index is 450. The maximum atomic E-state index is 12.0. The monoisotopic (exact) mass is 341 g/mol. The molecule has 2 N–H and O–H groups in total. The Kier molecular flexibility index (Phi) is 9.17. The third-order valence-electron chi connectivity index (χ3n) is 4.04. The first-order chi connectivity index (χ1) is 10.7. The van der Waals surface area contributed by atoms with Crippen molar-refractivity contribution in [1.29, 1.82) is 0 Å². The quantitative estimate of drug-likeness (QED) is 0.791. The van der Waals surface area contributed by atoms with E-state index in [-0.39, 0.29) is 37.1 Å². The Labute approximate surface area is 145 Å². The zero-order valence-electron chi connectivity index (χ0n) is 14.0. The van der Waals surface area contributed by atoms with Crippen molar-refractivity contribution in [1.82, 2.24) is 15.5 Å². The van der Waals surface area contributed by atoms with Gasteiger partial charge in [-0.1, -0.05) is 30.3 Å². The van der Waals surface area contributed by atoms with Gasteiger partial charge in [0.15, 0.2) is 0 Å². The molecule has 1 saturated heterocycles. The predicted octanol–water partition coefficient (Wildman–Crippen LogP) is 1.60. The summed E-state index contributed by atoms with van der Waals surface area (Å²) in [5, 5.41) is 6.27. The van der Waals surface area contributed by atoms with E-state index in [2.05, 4.69) is 27.7 Å². The Morgan fingerprint density at radius 3 is 2.57 bits per heavy atom. The second-order valence-corrected chi connectivity index (χ2v) is 5.95. The molecule has 1 atom stereocenters. The lowest BCUT2D eigenvalue weighted by atomic mass is 10.1. The molecular weight excluding hydrogens is 314 g/mol. The fraction of sp³-hybridized carbons (Fsp3) is 0.588. The van der Waals surface area contributed by atoms with Crippen LogP contribution in [0.25, 0.3) is 0 Å². The highest BCUT2D eigenvalue weighted by Crippen LogP contribution is 2.16. The minimum atomic E-state index is -0.0405. The van der Waals surface area contributed by atoms with Gasteiger partial charge in [0, 0.05) is 6.54 Å². The molecule has 130 valence electrons. The van der Waals surface area contributed by atoms with Crippen LogP contribution < -0.4 is 10.6 Å². The molecule has 1 aromatic rings. The Balaban J connectivity index is 0.00000264. The fourth-order valence-corrected chi connectivity index (χ4v) is 2.69. The predicted molar refractivity (Wildman–Crippen MR) is 95.0 cm³/mol. The smallest absolute Gasteiger partial charge is 0.246 e. The van der Waals surface area contributed by atoms with E-state index >= 15 is 0 Å². The molecule has 1 aromatic carbocycles. The molecule has 0 saturated carbocycles. The summed E-state index contributed by atoms with van der Waals surface area (Å²) < 4.78 is 5.68. The van der Waals surface area contributed by atoms with E-state index in [9.17, 15) is 4.79 Å². The molecule has 1 unspecified atom stereocenters. The van der Waals surface area contributed by atoms with Gasteiger partial charge in [0.2, 0.25) is 5.91 Å². The first-order valence-corrected chi connectivity index (χ1v) is 7.97. The van der Waals surface area contributed by atoms with Gasteiger partial charge in [0.1, 0.15) is 6.61 Å². The average Bonchev–Trinajstić information content (AvgIpc) is 2.55. The van der Waals surface area contributed by atoms with Gasteiger partial charge in [0.05, 0.1) is 12.1 Å². The van der Waals surface area contributed by atoms with Gasteiger partial charge in [-0.05, 0) is 45.6 Å². The van der Waals surface area contributed by atoms with E-state index < -0.39 is 0 Å². The average molecular weight is 342 g/mol. The SMILES string of the molecule is CN(C)C(CNC(=O)COC1CCNCC1)c1ccccc1.Cl. The van der Waals surface area contributed by atoms with Gasteiger partial charge in [0.25, 0.3) is 0 Å². The van der Waals surface area contributed by atoms with E-state index in [4.69, 9.17) is 4.74 Å². The minimum absolute atomic E-state index is 0. The number of nitrogens with one attached hydrogen (secondary N) is 2. The lowest BCUT2D eigenvalue weighted by Gasteiger charge is -2.26. The minimum Gasteiger partial charge on any atom is -0.368 e. The summed E-state index contributed by atoms with van der Waals surface area (Å²) in [4.78, 5) is 14.1. The number of carbonyl (C=O) groups is 1. The molecule has 23 heavy (non-hydrogen) atoms. The number of carbonyl (C=O) groups excluding carboxylic acids is 1. The van der Waals surface area contributed by atoms with Crippen molar-refractivity contribution in [2.45, 2.75) is 25.0 Å². The molecule has 0 spiro atoms. The third kappa shape index (κ3) is 6.87. The van der Waals surface area contributed by atoms with Crippen molar-refractivity contribution in [3.8, 4) is 0 Å². The molecule has 1 aliphatic rings. The van der Waals surface area contributed by atoms with Gasteiger partial charge in [-0.15, -0.1) is 12.4 Å². The van der Waals surface area contributed by atoms with Gasteiger partial charge in [-0.25, -0.2) is 0 Å². The van der Waals surface area contributed by atoms with Crippen LogP contribution >= 0.6 is 12.4 Å². The van der Waals surface area contributed by atoms with Gasteiger partial charge in [-0.3, -0.25) is 4.79 Å². The number of benzene rings is 1. The van der Waals surface area contributed by atoms with E-state index in [1.54, 1.807) is 0 Å². The van der Waals surface area contributed by atoms with Crippen molar-refractivity contribution < 1.29 is 9.53 Å². The van der Waals surface area contributed by atoms with Crippen LogP contribution in [0, 0.1) is 0 Å². The molecule has 5 nitrogen and oxygen atoms in total. The molecule has 0 bridgehead atoms. The second kappa shape index (κ2) is 10.6. The molecule has 2 rings (SSSR count). The number of hydrogen-bond acceptors (Lipinski definition) is 4. The number of ether oxygens (including phenoxy) is 1. The van der Waals surface area contributed by atoms with Crippen molar-refractivity contribution in [3.63, 3.8) is 0 Å². The zero-order valence-corrected chi connectivity index (χ0v) is 14.8. The number of piperidine rings is 1. The maximum absolute atomic E-state index is 12.0. The summed E-state index contributed by atoms with van der Waals surface area (Å²) in [6, 6.07) is 10.4. The van der Waals surface area contributed by atoms with E-state index in [1.807, 2.05) is 32.3 Å². The number of likely N-dealkylation sites (N-methyl/N-ethyl adjacent to an activating group) is 1. The van der Waals surface area contributed by atoms with Crippen molar-refractivity contribution in [3.05, 3.63) is 35.9 Å². The van der Waals surface area contributed by atoms with Crippen molar-refractivity contribution >= 4 is 18.3 Å².